The van der Waals surface area contributed by atoms with Gasteiger partial charge in [0, 0.05) is 6.07 Å². The first-order valence-corrected chi connectivity index (χ1v) is 6.30. The number of amides is 2. The lowest BCUT2D eigenvalue weighted by Crippen LogP contribution is -2.24. The zero-order chi connectivity index (χ0) is 16.9. The van der Waals surface area contributed by atoms with E-state index in [1.165, 1.54) is 0 Å². The fourth-order valence-corrected chi connectivity index (χ4v) is 2.42. The van der Waals surface area contributed by atoms with Crippen molar-refractivity contribution in [3.63, 3.8) is 0 Å². The number of hydrogen-bond donors (Lipinski definition) is 2. The Morgan fingerprint density at radius 3 is 2.52 bits per heavy atom. The molecule has 23 heavy (non-hydrogen) atoms. The maximum absolute atomic E-state index is 13.8. The molecule has 2 amide bonds. The summed E-state index contributed by atoms with van der Waals surface area (Å²) >= 11 is 0. The molecule has 1 aromatic heterocycles. The van der Waals surface area contributed by atoms with Gasteiger partial charge in [0.25, 0.3) is 17.4 Å². The van der Waals surface area contributed by atoms with Gasteiger partial charge in [-0.1, -0.05) is 0 Å². The van der Waals surface area contributed by atoms with Gasteiger partial charge in [-0.3, -0.25) is 24.3 Å². The molecular weight excluding hydrogens is 312 g/mol. The number of ether oxygens (including phenoxy) is 1. The number of aromatic nitrogens is 1. The van der Waals surface area contributed by atoms with E-state index in [9.17, 15) is 23.2 Å². The molecule has 118 valence electrons. The molecule has 3 rings (SSSR count). The first-order valence-electron chi connectivity index (χ1n) is 6.30. The number of carbonyl (C=O) groups excluding carboxylic acids is 2. The van der Waals surface area contributed by atoms with E-state index >= 15 is 0 Å². The number of nitrogen functional groups attached to an aromatic ring is 1. The molecule has 0 saturated heterocycles. The van der Waals surface area contributed by atoms with Gasteiger partial charge < -0.3 is 10.5 Å². The minimum absolute atomic E-state index is 0.171. The molecule has 7 nitrogen and oxygen atoms in total. The van der Waals surface area contributed by atoms with Crippen LogP contribution in [0.15, 0.2) is 23.0 Å². The van der Waals surface area contributed by atoms with E-state index in [0.29, 0.717) is 0 Å². The minimum atomic E-state index is -1.31. The van der Waals surface area contributed by atoms with E-state index in [4.69, 9.17) is 10.5 Å². The number of carbonyl (C=O) groups is 2. The summed E-state index contributed by atoms with van der Waals surface area (Å²) in [7, 11) is 1.09. The molecule has 0 saturated carbocycles. The van der Waals surface area contributed by atoms with Crippen molar-refractivity contribution in [3.05, 3.63) is 51.3 Å². The Morgan fingerprint density at radius 1 is 1.17 bits per heavy atom. The van der Waals surface area contributed by atoms with Crippen molar-refractivity contribution >= 4 is 17.6 Å². The van der Waals surface area contributed by atoms with E-state index in [1.54, 1.807) is 0 Å². The van der Waals surface area contributed by atoms with Gasteiger partial charge in [-0.15, -0.1) is 0 Å². The molecule has 1 aliphatic heterocycles. The van der Waals surface area contributed by atoms with Crippen LogP contribution in [0, 0.1) is 11.6 Å². The van der Waals surface area contributed by atoms with Gasteiger partial charge in [0.2, 0.25) is 5.82 Å². The molecular formula is C14H9F2N3O4. The Bertz CT molecular complexity index is 937. The number of anilines is 1. The van der Waals surface area contributed by atoms with Crippen molar-refractivity contribution in [2.45, 2.75) is 0 Å². The van der Waals surface area contributed by atoms with Gasteiger partial charge in [0.05, 0.1) is 23.9 Å². The van der Waals surface area contributed by atoms with Crippen LogP contribution in [0.1, 0.15) is 20.7 Å². The number of methoxy groups -OCH3 is 1. The Morgan fingerprint density at radius 2 is 1.87 bits per heavy atom. The number of nitrogens with two attached hydrogens (primary N) is 1. The average Bonchev–Trinajstić information content (AvgIpc) is 2.77. The van der Waals surface area contributed by atoms with Crippen LogP contribution >= 0.6 is 0 Å². The molecule has 2 aromatic rings. The Hall–Kier alpha value is -3.23. The number of nitrogens with one attached hydrogen (secondary N) is 1. The van der Waals surface area contributed by atoms with Gasteiger partial charge in [-0.2, -0.15) is 4.39 Å². The third kappa shape index (κ3) is 1.97. The Labute approximate surface area is 127 Å². The first kappa shape index (κ1) is 14.7. The highest BCUT2D eigenvalue weighted by Gasteiger charge is 2.32. The van der Waals surface area contributed by atoms with Crippen LogP contribution in [0.4, 0.5) is 14.6 Å². The van der Waals surface area contributed by atoms with Gasteiger partial charge in [0.1, 0.15) is 5.82 Å². The second-order valence-electron chi connectivity index (χ2n) is 4.69. The number of imide groups is 1. The second kappa shape index (κ2) is 4.90. The maximum atomic E-state index is 13.8. The van der Waals surface area contributed by atoms with Crippen molar-refractivity contribution in [2.24, 2.45) is 0 Å². The fourth-order valence-electron chi connectivity index (χ4n) is 2.42. The molecule has 0 bridgehead atoms. The molecule has 1 aromatic carbocycles. The maximum Gasteiger partial charge on any atom is 0.262 e. The molecule has 0 radical (unpaired) electrons. The SMILES string of the molecule is COc1c(-n2c(N)c3c(cc2=O)C(=O)NC3=O)ccc(F)c1F. The van der Waals surface area contributed by atoms with E-state index in [1.807, 2.05) is 5.32 Å². The highest BCUT2D eigenvalue weighted by Crippen LogP contribution is 2.30. The second-order valence-corrected chi connectivity index (χ2v) is 4.69. The van der Waals surface area contributed by atoms with Crippen molar-refractivity contribution in [2.75, 3.05) is 12.8 Å². The van der Waals surface area contributed by atoms with E-state index in [2.05, 4.69) is 0 Å². The third-order valence-corrected chi connectivity index (χ3v) is 3.43. The van der Waals surface area contributed by atoms with Gasteiger partial charge in [-0.25, -0.2) is 4.39 Å². The van der Waals surface area contributed by atoms with E-state index in [-0.39, 0.29) is 22.6 Å². The first-order chi connectivity index (χ1) is 10.9. The number of nitrogens with zero attached hydrogens (tertiary/aromatic N) is 1. The number of halogens is 2. The van der Waals surface area contributed by atoms with Crippen LogP contribution in [0.5, 0.6) is 5.75 Å². The van der Waals surface area contributed by atoms with Crippen LogP contribution in [-0.2, 0) is 0 Å². The number of pyridine rings is 1. The minimum Gasteiger partial charge on any atom is -0.491 e. The van der Waals surface area contributed by atoms with Crippen LogP contribution < -0.4 is 21.3 Å². The quantitative estimate of drug-likeness (QED) is 0.788. The largest absolute Gasteiger partial charge is 0.491 e. The van der Waals surface area contributed by atoms with Crippen LogP contribution in [0.2, 0.25) is 0 Å². The summed E-state index contributed by atoms with van der Waals surface area (Å²) in [5, 5.41) is 2.00. The molecule has 1 aliphatic rings. The zero-order valence-electron chi connectivity index (χ0n) is 11.6. The van der Waals surface area contributed by atoms with Crippen LogP contribution in [0.25, 0.3) is 5.69 Å². The molecule has 0 unspecified atom stereocenters. The lowest BCUT2D eigenvalue weighted by Gasteiger charge is -2.15. The zero-order valence-corrected chi connectivity index (χ0v) is 11.6. The summed E-state index contributed by atoms with van der Waals surface area (Å²) in [5.41, 5.74) is 4.45. The van der Waals surface area contributed by atoms with E-state index in [0.717, 1.165) is 29.9 Å². The predicted octanol–water partition coefficient (Wildman–Crippen LogP) is 0.590. The van der Waals surface area contributed by atoms with Gasteiger partial charge in [0.15, 0.2) is 11.6 Å². The number of fused-ring (bicyclic) bond motifs is 1. The molecule has 0 fully saturated rings. The molecule has 9 heteroatoms. The number of rotatable bonds is 2. The standard InChI is InChI=1S/C14H9F2N3O4/c1-23-11-7(3-2-6(15)10(11)16)19-8(20)4-5-9(12(19)17)14(22)18-13(5)21/h2-4H,17H2,1H3,(H,18,21,22). The van der Waals surface area contributed by atoms with Crippen molar-refractivity contribution < 1.29 is 23.1 Å². The number of hydrogen-bond acceptors (Lipinski definition) is 5. The molecule has 0 aliphatic carbocycles. The van der Waals surface area contributed by atoms with Gasteiger partial charge in [-0.05, 0) is 12.1 Å². The highest BCUT2D eigenvalue weighted by atomic mass is 19.2. The summed E-state index contributed by atoms with van der Waals surface area (Å²) < 4.78 is 32.7. The topological polar surface area (TPSA) is 103 Å². The summed E-state index contributed by atoms with van der Waals surface area (Å²) in [6, 6.07) is 2.76. The molecule has 2 heterocycles. The Kier molecular flexibility index (Phi) is 3.13. The van der Waals surface area contributed by atoms with Crippen LogP contribution in [-0.4, -0.2) is 23.5 Å². The van der Waals surface area contributed by atoms with E-state index < -0.39 is 34.8 Å². The predicted molar refractivity (Wildman–Crippen MR) is 74.7 cm³/mol. The summed E-state index contributed by atoms with van der Waals surface area (Å²) in [6.45, 7) is 0. The average molecular weight is 321 g/mol. The third-order valence-electron chi connectivity index (χ3n) is 3.43. The normalized spacial score (nSPS) is 13.0. The smallest absolute Gasteiger partial charge is 0.262 e. The summed E-state index contributed by atoms with van der Waals surface area (Å²) in [5.74, 6) is -4.94. The van der Waals surface area contributed by atoms with Crippen molar-refractivity contribution in [1.29, 1.82) is 0 Å². The summed E-state index contributed by atoms with van der Waals surface area (Å²) in [4.78, 5) is 35.6. The molecule has 0 spiro atoms. The number of benzene rings is 1. The van der Waals surface area contributed by atoms with Crippen LogP contribution in [0.3, 0.4) is 0 Å². The lowest BCUT2D eigenvalue weighted by molar-refractivity contribution is 0.0880. The van der Waals surface area contributed by atoms with Crippen molar-refractivity contribution in [1.82, 2.24) is 9.88 Å². The molecule has 0 atom stereocenters. The molecule has 3 N–H and O–H groups in total. The monoisotopic (exact) mass is 321 g/mol. The lowest BCUT2D eigenvalue weighted by atomic mass is 10.1. The van der Waals surface area contributed by atoms with Gasteiger partial charge >= 0.3 is 0 Å². The highest BCUT2D eigenvalue weighted by molar-refractivity contribution is 6.23. The fraction of sp³-hybridized carbons (Fsp3) is 0.0714. The van der Waals surface area contributed by atoms with Crippen molar-refractivity contribution in [3.8, 4) is 11.4 Å². The Balaban J connectivity index is 2.38. The summed E-state index contributed by atoms with van der Waals surface area (Å²) in [6.07, 6.45) is 0.